The Morgan fingerprint density at radius 2 is 1.94 bits per heavy atom. The number of aliphatic imine (C=N–C) groups is 1. The number of alkyl halides is 3. The first-order valence-electron chi connectivity index (χ1n) is 10.4. The first kappa shape index (κ1) is 23.6. The van der Waals surface area contributed by atoms with Gasteiger partial charge in [-0.05, 0) is 42.3 Å². The molecule has 0 aliphatic carbocycles. The van der Waals surface area contributed by atoms with Crippen LogP contribution in [-0.4, -0.2) is 50.1 Å². The van der Waals surface area contributed by atoms with Gasteiger partial charge in [-0.1, -0.05) is 24.3 Å². The van der Waals surface area contributed by atoms with E-state index in [9.17, 15) is 18.0 Å². The Morgan fingerprint density at radius 3 is 2.59 bits per heavy atom. The zero-order valence-electron chi connectivity index (χ0n) is 18.1. The van der Waals surface area contributed by atoms with Crippen molar-refractivity contribution in [3.05, 3.63) is 70.8 Å². The van der Waals surface area contributed by atoms with Gasteiger partial charge in [0.25, 0.3) is 5.91 Å². The number of rotatable bonds is 5. The van der Waals surface area contributed by atoms with Gasteiger partial charge in [0.2, 0.25) is 0 Å². The molecule has 0 bridgehead atoms. The molecular weight excluding hydrogens is 421 g/mol. The van der Waals surface area contributed by atoms with E-state index >= 15 is 0 Å². The van der Waals surface area contributed by atoms with Crippen LogP contribution in [0.1, 0.15) is 40.1 Å². The third kappa shape index (κ3) is 6.00. The molecule has 172 valence electrons. The molecule has 32 heavy (non-hydrogen) atoms. The van der Waals surface area contributed by atoms with Crippen molar-refractivity contribution in [2.75, 3.05) is 33.3 Å². The van der Waals surface area contributed by atoms with Crippen molar-refractivity contribution in [3.8, 4) is 0 Å². The molecule has 1 saturated heterocycles. The van der Waals surface area contributed by atoms with Crippen LogP contribution < -0.4 is 10.6 Å². The summed E-state index contributed by atoms with van der Waals surface area (Å²) in [7, 11) is 1.66. The number of hydrogen-bond acceptors (Lipinski definition) is 3. The number of halogens is 3. The van der Waals surface area contributed by atoms with E-state index in [1.54, 1.807) is 25.2 Å². The third-order valence-electron chi connectivity index (χ3n) is 5.17. The van der Waals surface area contributed by atoms with Gasteiger partial charge in [-0.15, -0.1) is 0 Å². The second kappa shape index (κ2) is 10.5. The first-order chi connectivity index (χ1) is 15.3. The number of carbonyl (C=O) groups is 1. The second-order valence-corrected chi connectivity index (χ2v) is 7.39. The Balaban J connectivity index is 1.62. The lowest BCUT2D eigenvalue weighted by Gasteiger charge is -2.35. The minimum atomic E-state index is -4.39. The van der Waals surface area contributed by atoms with Crippen LogP contribution in [-0.2, 0) is 17.5 Å². The molecule has 0 radical (unpaired) electrons. The zero-order chi connectivity index (χ0) is 23.1. The van der Waals surface area contributed by atoms with Gasteiger partial charge in [0.15, 0.2) is 5.96 Å². The van der Waals surface area contributed by atoms with E-state index < -0.39 is 17.8 Å². The van der Waals surface area contributed by atoms with Crippen LogP contribution in [0.15, 0.2) is 53.5 Å². The quantitative estimate of drug-likeness (QED) is 0.542. The fourth-order valence-corrected chi connectivity index (χ4v) is 3.51. The van der Waals surface area contributed by atoms with Gasteiger partial charge in [0, 0.05) is 32.2 Å². The Morgan fingerprint density at radius 1 is 1.19 bits per heavy atom. The molecule has 1 aliphatic heterocycles. The third-order valence-corrected chi connectivity index (χ3v) is 5.17. The van der Waals surface area contributed by atoms with E-state index in [-0.39, 0.29) is 5.91 Å². The molecule has 1 aliphatic rings. The van der Waals surface area contributed by atoms with Crippen molar-refractivity contribution in [1.29, 1.82) is 0 Å². The van der Waals surface area contributed by atoms with Gasteiger partial charge in [-0.25, -0.2) is 0 Å². The van der Waals surface area contributed by atoms with Crippen molar-refractivity contribution < 1.29 is 22.7 Å². The fourth-order valence-electron chi connectivity index (χ4n) is 3.51. The Bertz CT molecular complexity index is 945. The maximum Gasteiger partial charge on any atom is 0.416 e. The largest absolute Gasteiger partial charge is 0.416 e. The van der Waals surface area contributed by atoms with Crippen molar-refractivity contribution in [2.24, 2.45) is 4.99 Å². The van der Waals surface area contributed by atoms with Crippen molar-refractivity contribution in [3.63, 3.8) is 0 Å². The zero-order valence-corrected chi connectivity index (χ0v) is 18.1. The molecule has 1 atom stereocenters. The molecule has 0 aromatic heterocycles. The number of hydrogen-bond donors (Lipinski definition) is 2. The average Bonchev–Trinajstić information content (AvgIpc) is 2.80. The Labute approximate surface area is 185 Å². The van der Waals surface area contributed by atoms with Crippen LogP contribution in [0, 0.1) is 0 Å². The SMILES string of the molecule is CCNC(=O)c1ccc(CNC(=NC)N2CCOC(c3cccc(C(F)(F)F)c3)C2)cc1. The number of guanidine groups is 1. The summed E-state index contributed by atoms with van der Waals surface area (Å²) in [6.45, 7) is 4.27. The number of nitrogens with zero attached hydrogens (tertiary/aromatic N) is 2. The van der Waals surface area contributed by atoms with Gasteiger partial charge < -0.3 is 20.3 Å². The van der Waals surface area contributed by atoms with E-state index in [2.05, 4.69) is 15.6 Å². The summed E-state index contributed by atoms with van der Waals surface area (Å²) in [5.41, 5.74) is 1.37. The van der Waals surface area contributed by atoms with Crippen LogP contribution in [0.2, 0.25) is 0 Å². The molecule has 1 heterocycles. The summed E-state index contributed by atoms with van der Waals surface area (Å²) in [4.78, 5) is 18.2. The summed E-state index contributed by atoms with van der Waals surface area (Å²) in [6.07, 6.45) is -4.88. The van der Waals surface area contributed by atoms with E-state index in [0.717, 1.165) is 17.7 Å². The minimum absolute atomic E-state index is 0.114. The highest BCUT2D eigenvalue weighted by atomic mass is 19.4. The van der Waals surface area contributed by atoms with Crippen LogP contribution in [0.5, 0.6) is 0 Å². The summed E-state index contributed by atoms with van der Waals surface area (Å²) in [6, 6.07) is 12.5. The summed E-state index contributed by atoms with van der Waals surface area (Å²) < 4.78 is 44.9. The highest BCUT2D eigenvalue weighted by Gasteiger charge is 2.32. The molecular formula is C23H27F3N4O2. The Hall–Kier alpha value is -3.07. The standard InChI is InChI=1S/C23H27F3N4O2/c1-3-28-21(31)17-9-7-16(8-10-17)14-29-22(27-2)30-11-12-32-20(15-30)18-5-4-6-19(13-18)23(24,25)26/h4-10,13,20H,3,11-12,14-15H2,1-2H3,(H,27,29)(H,28,31). The topological polar surface area (TPSA) is 66.0 Å². The van der Waals surface area contributed by atoms with Crippen molar-refractivity contribution in [2.45, 2.75) is 25.7 Å². The summed E-state index contributed by atoms with van der Waals surface area (Å²) in [5.74, 6) is 0.523. The molecule has 2 aromatic carbocycles. The van der Waals surface area contributed by atoms with Gasteiger partial charge in [0.05, 0.1) is 18.7 Å². The molecule has 9 heteroatoms. The number of carbonyl (C=O) groups excluding carboxylic acids is 1. The number of ether oxygens (including phenoxy) is 1. The Kier molecular flexibility index (Phi) is 7.74. The highest BCUT2D eigenvalue weighted by Crippen LogP contribution is 2.32. The molecule has 2 aromatic rings. The normalized spacial score (nSPS) is 17.2. The molecule has 2 N–H and O–H groups in total. The number of amides is 1. The van der Waals surface area contributed by atoms with Crippen molar-refractivity contribution >= 4 is 11.9 Å². The lowest BCUT2D eigenvalue weighted by Crippen LogP contribution is -2.48. The van der Waals surface area contributed by atoms with Gasteiger partial charge in [-0.3, -0.25) is 9.79 Å². The van der Waals surface area contributed by atoms with E-state index in [0.29, 0.717) is 49.9 Å². The monoisotopic (exact) mass is 448 g/mol. The predicted molar refractivity (Wildman–Crippen MR) is 116 cm³/mol. The molecule has 1 fully saturated rings. The van der Waals surface area contributed by atoms with Crippen LogP contribution in [0.3, 0.4) is 0 Å². The van der Waals surface area contributed by atoms with Crippen LogP contribution >= 0.6 is 0 Å². The van der Waals surface area contributed by atoms with E-state index in [1.807, 2.05) is 24.0 Å². The highest BCUT2D eigenvalue weighted by molar-refractivity contribution is 5.94. The smallest absolute Gasteiger partial charge is 0.370 e. The lowest BCUT2D eigenvalue weighted by molar-refractivity contribution is -0.137. The van der Waals surface area contributed by atoms with E-state index in [1.165, 1.54) is 6.07 Å². The predicted octanol–water partition coefficient (Wildman–Crippen LogP) is 3.60. The van der Waals surface area contributed by atoms with Gasteiger partial charge >= 0.3 is 6.18 Å². The van der Waals surface area contributed by atoms with Crippen molar-refractivity contribution in [1.82, 2.24) is 15.5 Å². The summed E-state index contributed by atoms with van der Waals surface area (Å²) in [5, 5.41) is 6.04. The molecule has 6 nitrogen and oxygen atoms in total. The van der Waals surface area contributed by atoms with Gasteiger partial charge in [-0.2, -0.15) is 13.2 Å². The number of benzene rings is 2. The minimum Gasteiger partial charge on any atom is -0.370 e. The maximum atomic E-state index is 13.1. The average molecular weight is 448 g/mol. The number of morpholine rings is 1. The first-order valence-corrected chi connectivity index (χ1v) is 10.4. The molecule has 0 saturated carbocycles. The van der Waals surface area contributed by atoms with Gasteiger partial charge in [0.1, 0.15) is 6.10 Å². The molecule has 1 unspecified atom stereocenters. The van der Waals surface area contributed by atoms with Crippen LogP contribution in [0.25, 0.3) is 0 Å². The fraction of sp³-hybridized carbons (Fsp3) is 0.391. The maximum absolute atomic E-state index is 13.1. The lowest BCUT2D eigenvalue weighted by atomic mass is 10.0. The second-order valence-electron chi connectivity index (χ2n) is 7.39. The molecule has 3 rings (SSSR count). The molecule has 1 amide bonds. The molecule has 0 spiro atoms. The van der Waals surface area contributed by atoms with Crippen LogP contribution in [0.4, 0.5) is 13.2 Å². The number of nitrogens with one attached hydrogen (secondary N) is 2. The summed E-state index contributed by atoms with van der Waals surface area (Å²) >= 11 is 0. The van der Waals surface area contributed by atoms with E-state index in [4.69, 9.17) is 4.74 Å².